The highest BCUT2D eigenvalue weighted by molar-refractivity contribution is 5.48. The minimum atomic E-state index is -2.66. The summed E-state index contributed by atoms with van der Waals surface area (Å²) in [5.41, 5.74) is 1.01. The predicted molar refractivity (Wildman–Crippen MR) is 92.7 cm³/mol. The third-order valence-corrected chi connectivity index (χ3v) is 4.67. The maximum Gasteiger partial charge on any atom is 0.251 e. The molecule has 0 N–H and O–H groups in total. The Bertz CT molecular complexity index is 983. The van der Waals surface area contributed by atoms with Gasteiger partial charge in [-0.1, -0.05) is 6.07 Å². The number of hydrogen-bond acceptors (Lipinski definition) is 5. The molecule has 1 aliphatic rings. The molecule has 1 saturated heterocycles. The van der Waals surface area contributed by atoms with Gasteiger partial charge in [0.1, 0.15) is 0 Å². The summed E-state index contributed by atoms with van der Waals surface area (Å²) in [5, 5.41) is 8.13. The number of alkyl halides is 2. The second-order valence-corrected chi connectivity index (χ2v) is 6.63. The average Bonchev–Trinajstić information content (AvgIpc) is 3.10. The Hall–Kier alpha value is -2.91. The van der Waals surface area contributed by atoms with E-state index in [9.17, 15) is 17.6 Å². The highest BCUT2D eigenvalue weighted by Crippen LogP contribution is 2.31. The van der Waals surface area contributed by atoms with Crippen LogP contribution in [0.15, 0.2) is 30.6 Å². The first kappa shape index (κ1) is 18.5. The molecule has 0 bridgehead atoms. The van der Waals surface area contributed by atoms with Crippen LogP contribution in [0.25, 0.3) is 5.65 Å². The van der Waals surface area contributed by atoms with Crippen LogP contribution in [0.1, 0.15) is 18.4 Å². The lowest BCUT2D eigenvalue weighted by atomic mass is 10.1. The number of aromatic nitrogens is 4. The van der Waals surface area contributed by atoms with E-state index in [1.165, 1.54) is 18.5 Å². The van der Waals surface area contributed by atoms with Crippen molar-refractivity contribution in [2.45, 2.75) is 25.2 Å². The van der Waals surface area contributed by atoms with Gasteiger partial charge in [0.2, 0.25) is 11.8 Å². The lowest BCUT2D eigenvalue weighted by Gasteiger charge is -2.31. The van der Waals surface area contributed by atoms with E-state index in [1.54, 1.807) is 9.30 Å². The van der Waals surface area contributed by atoms with E-state index in [4.69, 9.17) is 4.74 Å². The van der Waals surface area contributed by atoms with E-state index in [0.717, 1.165) is 12.1 Å². The molecule has 1 fully saturated rings. The van der Waals surface area contributed by atoms with Gasteiger partial charge in [0.15, 0.2) is 17.3 Å². The van der Waals surface area contributed by atoms with Gasteiger partial charge in [0.25, 0.3) is 5.92 Å². The number of piperidine rings is 1. The summed E-state index contributed by atoms with van der Waals surface area (Å²) in [7, 11) is 0. The van der Waals surface area contributed by atoms with Crippen molar-refractivity contribution in [2.24, 2.45) is 0 Å². The van der Waals surface area contributed by atoms with Crippen molar-refractivity contribution in [3.63, 3.8) is 0 Å². The first-order chi connectivity index (χ1) is 13.4. The molecule has 148 valence electrons. The van der Waals surface area contributed by atoms with Gasteiger partial charge in [-0.15, -0.1) is 10.2 Å². The SMILES string of the molecule is Fc1ccc(CCOc2cncc3nnc(N4CCC(F)(F)CC4)n23)cc1F. The van der Waals surface area contributed by atoms with Crippen LogP contribution < -0.4 is 9.64 Å². The summed E-state index contributed by atoms with van der Waals surface area (Å²) in [4.78, 5) is 5.79. The van der Waals surface area contributed by atoms with Crippen molar-refractivity contribution in [1.29, 1.82) is 0 Å². The monoisotopic (exact) mass is 395 g/mol. The lowest BCUT2D eigenvalue weighted by molar-refractivity contribution is -0.0223. The molecule has 1 aliphatic heterocycles. The zero-order valence-electron chi connectivity index (χ0n) is 14.8. The van der Waals surface area contributed by atoms with Gasteiger partial charge in [-0.2, -0.15) is 0 Å². The number of halogens is 4. The number of rotatable bonds is 5. The summed E-state index contributed by atoms with van der Waals surface area (Å²) in [5.74, 6) is -3.72. The molecular weight excluding hydrogens is 378 g/mol. The van der Waals surface area contributed by atoms with Gasteiger partial charge < -0.3 is 9.64 Å². The first-order valence-corrected chi connectivity index (χ1v) is 8.82. The van der Waals surface area contributed by atoms with Crippen molar-refractivity contribution in [1.82, 2.24) is 19.6 Å². The largest absolute Gasteiger partial charge is 0.477 e. The van der Waals surface area contributed by atoms with E-state index in [0.29, 0.717) is 29.5 Å². The fourth-order valence-electron chi connectivity index (χ4n) is 3.12. The quantitative estimate of drug-likeness (QED) is 0.621. The molecule has 2 aromatic heterocycles. The van der Waals surface area contributed by atoms with Crippen molar-refractivity contribution < 1.29 is 22.3 Å². The van der Waals surface area contributed by atoms with Crippen molar-refractivity contribution >= 4 is 11.6 Å². The summed E-state index contributed by atoms with van der Waals surface area (Å²) >= 11 is 0. The van der Waals surface area contributed by atoms with Crippen LogP contribution in [0.2, 0.25) is 0 Å². The zero-order chi connectivity index (χ0) is 19.7. The van der Waals surface area contributed by atoms with Crippen LogP contribution in [-0.4, -0.2) is 45.2 Å². The average molecular weight is 395 g/mol. The van der Waals surface area contributed by atoms with Crippen LogP contribution in [0, 0.1) is 11.6 Å². The second kappa shape index (κ2) is 7.25. The van der Waals surface area contributed by atoms with Crippen LogP contribution in [0.3, 0.4) is 0 Å². The molecule has 0 atom stereocenters. The molecule has 6 nitrogen and oxygen atoms in total. The number of fused-ring (bicyclic) bond motifs is 1. The van der Waals surface area contributed by atoms with Gasteiger partial charge >= 0.3 is 0 Å². The van der Waals surface area contributed by atoms with Crippen LogP contribution in [-0.2, 0) is 6.42 Å². The molecule has 0 saturated carbocycles. The fraction of sp³-hybridized carbons (Fsp3) is 0.389. The normalized spacial score (nSPS) is 16.5. The molecule has 0 spiro atoms. The number of hydrogen-bond donors (Lipinski definition) is 0. The van der Waals surface area contributed by atoms with Gasteiger partial charge in [-0.3, -0.25) is 4.98 Å². The molecule has 10 heteroatoms. The number of nitrogens with zero attached hydrogens (tertiary/aromatic N) is 5. The molecule has 0 amide bonds. The van der Waals surface area contributed by atoms with Crippen molar-refractivity contribution in [2.75, 3.05) is 24.6 Å². The minimum absolute atomic E-state index is 0.157. The maximum absolute atomic E-state index is 13.4. The van der Waals surface area contributed by atoms with E-state index in [2.05, 4.69) is 15.2 Å². The molecule has 4 rings (SSSR count). The molecule has 0 radical (unpaired) electrons. The Balaban J connectivity index is 1.51. The van der Waals surface area contributed by atoms with Crippen molar-refractivity contribution in [3.05, 3.63) is 47.8 Å². The third-order valence-electron chi connectivity index (χ3n) is 4.67. The Kier molecular flexibility index (Phi) is 4.78. The smallest absolute Gasteiger partial charge is 0.251 e. The molecule has 3 aromatic rings. The van der Waals surface area contributed by atoms with Crippen LogP contribution >= 0.6 is 0 Å². The van der Waals surface area contributed by atoms with Gasteiger partial charge in [-0.05, 0) is 17.7 Å². The van der Waals surface area contributed by atoms with E-state index in [1.807, 2.05) is 0 Å². The van der Waals surface area contributed by atoms with Gasteiger partial charge in [-0.25, -0.2) is 22.0 Å². The molecule has 1 aromatic carbocycles. The van der Waals surface area contributed by atoms with Crippen LogP contribution in [0.5, 0.6) is 5.88 Å². The van der Waals surface area contributed by atoms with E-state index >= 15 is 0 Å². The van der Waals surface area contributed by atoms with E-state index in [-0.39, 0.29) is 32.5 Å². The summed E-state index contributed by atoms with van der Waals surface area (Å²) < 4.78 is 60.6. The molecular formula is C18H17F4N5O. The number of anilines is 1. The first-order valence-electron chi connectivity index (χ1n) is 8.82. The Morgan fingerprint density at radius 3 is 2.57 bits per heavy atom. The third kappa shape index (κ3) is 3.71. The molecule has 3 heterocycles. The maximum atomic E-state index is 13.4. The van der Waals surface area contributed by atoms with Gasteiger partial charge in [0.05, 0.1) is 19.0 Å². The fourth-order valence-corrected chi connectivity index (χ4v) is 3.12. The van der Waals surface area contributed by atoms with E-state index < -0.39 is 17.6 Å². The Morgan fingerprint density at radius 2 is 1.82 bits per heavy atom. The lowest BCUT2D eigenvalue weighted by Crippen LogP contribution is -2.40. The Morgan fingerprint density at radius 1 is 1.04 bits per heavy atom. The highest BCUT2D eigenvalue weighted by Gasteiger charge is 2.35. The zero-order valence-corrected chi connectivity index (χ0v) is 14.8. The van der Waals surface area contributed by atoms with Crippen molar-refractivity contribution in [3.8, 4) is 5.88 Å². The minimum Gasteiger partial charge on any atom is -0.477 e. The number of benzene rings is 1. The van der Waals surface area contributed by atoms with Crippen LogP contribution in [0.4, 0.5) is 23.5 Å². The molecule has 0 unspecified atom stereocenters. The topological polar surface area (TPSA) is 55.6 Å². The molecule has 0 aliphatic carbocycles. The molecule has 28 heavy (non-hydrogen) atoms. The summed E-state index contributed by atoms with van der Waals surface area (Å²) in [6.07, 6.45) is 2.82. The standard InChI is InChI=1S/C18H17F4N5O/c19-13-2-1-12(9-14(13)20)3-8-28-16-11-23-10-15-24-25-17(27(15)16)26-6-4-18(21,22)5-7-26/h1-2,9-11H,3-8H2. The predicted octanol–water partition coefficient (Wildman–Crippen LogP) is 3.26. The second-order valence-electron chi connectivity index (χ2n) is 6.63. The summed E-state index contributed by atoms with van der Waals surface area (Å²) in [6.45, 7) is 0.496. The van der Waals surface area contributed by atoms with Gasteiger partial charge in [0, 0.05) is 32.4 Å². The Labute approximate surface area is 157 Å². The highest BCUT2D eigenvalue weighted by atomic mass is 19.3. The summed E-state index contributed by atoms with van der Waals surface area (Å²) in [6, 6.07) is 3.67. The number of ether oxygens (including phenoxy) is 1.